The van der Waals surface area contributed by atoms with Crippen molar-refractivity contribution in [2.75, 3.05) is 0 Å². The van der Waals surface area contributed by atoms with Crippen LogP contribution in [0.2, 0.25) is 0 Å². The normalized spacial score (nSPS) is 25.0. The Morgan fingerprint density at radius 1 is 1.26 bits per heavy atom. The molecule has 1 aromatic rings. The largest absolute Gasteiger partial charge is 0.488 e. The molecule has 2 rings (SSSR count). The van der Waals surface area contributed by atoms with Gasteiger partial charge in [0.2, 0.25) is 0 Å². The Bertz CT molecular complexity index is 375. The molecule has 19 heavy (non-hydrogen) atoms. The van der Waals surface area contributed by atoms with Gasteiger partial charge in [-0.05, 0) is 56.7 Å². The first-order valence-electron chi connectivity index (χ1n) is 7.34. The lowest BCUT2D eigenvalue weighted by molar-refractivity contribution is 0.00687. The van der Waals surface area contributed by atoms with E-state index < -0.39 is 0 Å². The van der Waals surface area contributed by atoms with Gasteiger partial charge >= 0.3 is 0 Å². The standard InChI is InChI=1S/C16H25NO2/c1-12(17)6-7-13-8-10-14(11-9-13)19-16-5-3-2-4-15(16)18/h8-12,15-16,18H,2-7,17H2,1H3. The molecular weight excluding hydrogens is 238 g/mol. The molecule has 0 radical (unpaired) electrons. The molecule has 1 aliphatic carbocycles. The molecule has 3 nitrogen and oxygen atoms in total. The molecule has 0 spiro atoms. The van der Waals surface area contributed by atoms with E-state index in [-0.39, 0.29) is 18.2 Å². The highest BCUT2D eigenvalue weighted by Crippen LogP contribution is 2.24. The summed E-state index contributed by atoms with van der Waals surface area (Å²) in [5, 5.41) is 9.89. The Balaban J connectivity index is 1.87. The van der Waals surface area contributed by atoms with Crippen LogP contribution in [-0.2, 0) is 6.42 Å². The molecule has 0 aliphatic heterocycles. The van der Waals surface area contributed by atoms with Crippen molar-refractivity contribution >= 4 is 0 Å². The first kappa shape index (κ1) is 14.4. The predicted octanol–water partition coefficient (Wildman–Crippen LogP) is 2.65. The lowest BCUT2D eigenvalue weighted by atomic mass is 9.95. The van der Waals surface area contributed by atoms with Crippen molar-refractivity contribution < 1.29 is 9.84 Å². The highest BCUT2D eigenvalue weighted by atomic mass is 16.5. The molecule has 0 aromatic heterocycles. The van der Waals surface area contributed by atoms with Gasteiger partial charge in [-0.1, -0.05) is 18.6 Å². The molecule has 106 valence electrons. The Kier molecular flexibility index (Phi) is 5.23. The molecule has 1 saturated carbocycles. The van der Waals surface area contributed by atoms with Crippen LogP contribution in [0.25, 0.3) is 0 Å². The van der Waals surface area contributed by atoms with Gasteiger partial charge in [0.15, 0.2) is 0 Å². The lowest BCUT2D eigenvalue weighted by Gasteiger charge is -2.28. The molecule has 3 heteroatoms. The maximum Gasteiger partial charge on any atom is 0.124 e. The fourth-order valence-corrected chi connectivity index (χ4v) is 2.52. The number of rotatable bonds is 5. The Labute approximate surface area is 115 Å². The average molecular weight is 263 g/mol. The minimum atomic E-state index is -0.313. The first-order valence-corrected chi connectivity index (χ1v) is 7.34. The van der Waals surface area contributed by atoms with Crippen molar-refractivity contribution in [1.29, 1.82) is 0 Å². The molecule has 0 bridgehead atoms. The van der Waals surface area contributed by atoms with E-state index in [0.717, 1.165) is 44.3 Å². The van der Waals surface area contributed by atoms with Gasteiger partial charge < -0.3 is 15.6 Å². The average Bonchev–Trinajstić information content (AvgIpc) is 2.40. The van der Waals surface area contributed by atoms with Crippen molar-refractivity contribution in [2.45, 2.75) is 63.7 Å². The van der Waals surface area contributed by atoms with Gasteiger partial charge in [-0.2, -0.15) is 0 Å². The van der Waals surface area contributed by atoms with Gasteiger partial charge in [0.05, 0.1) is 6.10 Å². The second-order valence-corrected chi connectivity index (χ2v) is 5.67. The van der Waals surface area contributed by atoms with E-state index in [9.17, 15) is 5.11 Å². The number of nitrogens with two attached hydrogens (primary N) is 1. The highest BCUT2D eigenvalue weighted by molar-refractivity contribution is 5.27. The van der Waals surface area contributed by atoms with Crippen molar-refractivity contribution in [3.8, 4) is 5.75 Å². The van der Waals surface area contributed by atoms with E-state index in [1.165, 1.54) is 5.56 Å². The summed E-state index contributed by atoms with van der Waals surface area (Å²) < 4.78 is 5.87. The van der Waals surface area contributed by atoms with Gasteiger partial charge in [0, 0.05) is 6.04 Å². The van der Waals surface area contributed by atoms with Crippen LogP contribution in [0.3, 0.4) is 0 Å². The van der Waals surface area contributed by atoms with Crippen LogP contribution in [0.1, 0.15) is 44.6 Å². The zero-order valence-electron chi connectivity index (χ0n) is 11.7. The van der Waals surface area contributed by atoms with E-state index in [0.29, 0.717) is 0 Å². The van der Waals surface area contributed by atoms with Gasteiger partial charge in [-0.15, -0.1) is 0 Å². The van der Waals surface area contributed by atoms with Crippen LogP contribution >= 0.6 is 0 Å². The summed E-state index contributed by atoms with van der Waals surface area (Å²) in [5.74, 6) is 0.857. The minimum Gasteiger partial charge on any atom is -0.488 e. The Morgan fingerprint density at radius 3 is 2.58 bits per heavy atom. The summed E-state index contributed by atoms with van der Waals surface area (Å²) >= 11 is 0. The summed E-state index contributed by atoms with van der Waals surface area (Å²) in [5.41, 5.74) is 7.04. The number of hydrogen-bond acceptors (Lipinski definition) is 3. The zero-order chi connectivity index (χ0) is 13.7. The number of aryl methyl sites for hydroxylation is 1. The van der Waals surface area contributed by atoms with E-state index >= 15 is 0 Å². The van der Waals surface area contributed by atoms with Gasteiger partial charge in [0.1, 0.15) is 11.9 Å². The van der Waals surface area contributed by atoms with E-state index in [4.69, 9.17) is 10.5 Å². The van der Waals surface area contributed by atoms with E-state index in [1.54, 1.807) is 0 Å². The Morgan fingerprint density at radius 2 is 1.95 bits per heavy atom. The zero-order valence-corrected chi connectivity index (χ0v) is 11.7. The van der Waals surface area contributed by atoms with E-state index in [2.05, 4.69) is 12.1 Å². The first-order chi connectivity index (χ1) is 9.15. The van der Waals surface area contributed by atoms with Crippen LogP contribution in [0.4, 0.5) is 0 Å². The molecule has 3 atom stereocenters. The second kappa shape index (κ2) is 6.92. The molecule has 1 aliphatic rings. The fourth-order valence-electron chi connectivity index (χ4n) is 2.52. The molecule has 3 N–H and O–H groups in total. The monoisotopic (exact) mass is 263 g/mol. The van der Waals surface area contributed by atoms with Gasteiger partial charge in [-0.25, -0.2) is 0 Å². The lowest BCUT2D eigenvalue weighted by Crippen LogP contribution is -2.34. The van der Waals surface area contributed by atoms with Crippen molar-refractivity contribution in [2.24, 2.45) is 5.73 Å². The SMILES string of the molecule is CC(N)CCc1ccc(OC2CCCCC2O)cc1. The van der Waals surface area contributed by atoms with Crippen LogP contribution in [-0.4, -0.2) is 23.4 Å². The number of ether oxygens (including phenoxy) is 1. The van der Waals surface area contributed by atoms with Crippen LogP contribution in [0.15, 0.2) is 24.3 Å². The van der Waals surface area contributed by atoms with Gasteiger partial charge in [-0.3, -0.25) is 0 Å². The Hall–Kier alpha value is -1.06. The molecule has 0 heterocycles. The molecule has 0 amide bonds. The maximum absolute atomic E-state index is 9.89. The van der Waals surface area contributed by atoms with E-state index in [1.807, 2.05) is 19.1 Å². The molecule has 1 aromatic carbocycles. The second-order valence-electron chi connectivity index (χ2n) is 5.67. The van der Waals surface area contributed by atoms with Gasteiger partial charge in [0.25, 0.3) is 0 Å². The quantitative estimate of drug-likeness (QED) is 0.858. The summed E-state index contributed by atoms with van der Waals surface area (Å²) in [6.45, 7) is 2.03. The molecule has 3 unspecified atom stereocenters. The van der Waals surface area contributed by atoms with Crippen LogP contribution in [0.5, 0.6) is 5.75 Å². The topological polar surface area (TPSA) is 55.5 Å². The predicted molar refractivity (Wildman–Crippen MR) is 77.3 cm³/mol. The summed E-state index contributed by atoms with van der Waals surface area (Å²) in [4.78, 5) is 0. The number of benzene rings is 1. The maximum atomic E-state index is 9.89. The number of aliphatic hydroxyl groups excluding tert-OH is 1. The van der Waals surface area contributed by atoms with Crippen LogP contribution in [0, 0.1) is 0 Å². The summed E-state index contributed by atoms with van der Waals surface area (Å²) in [6, 6.07) is 8.42. The third-order valence-electron chi connectivity index (χ3n) is 3.77. The fraction of sp³-hybridized carbons (Fsp3) is 0.625. The third-order valence-corrected chi connectivity index (χ3v) is 3.77. The number of hydrogen-bond donors (Lipinski definition) is 2. The minimum absolute atomic E-state index is 0.0383. The van der Waals surface area contributed by atoms with Crippen molar-refractivity contribution in [1.82, 2.24) is 0 Å². The molecule has 0 saturated heterocycles. The summed E-state index contributed by atoms with van der Waals surface area (Å²) in [6.07, 6.45) is 5.72. The molecular formula is C16H25NO2. The van der Waals surface area contributed by atoms with Crippen LogP contribution < -0.4 is 10.5 Å². The third kappa shape index (κ3) is 4.51. The van der Waals surface area contributed by atoms with Crippen molar-refractivity contribution in [3.63, 3.8) is 0 Å². The molecule has 1 fully saturated rings. The number of aliphatic hydroxyl groups is 1. The highest BCUT2D eigenvalue weighted by Gasteiger charge is 2.24. The summed E-state index contributed by atoms with van der Waals surface area (Å²) in [7, 11) is 0. The van der Waals surface area contributed by atoms with Crippen molar-refractivity contribution in [3.05, 3.63) is 29.8 Å². The smallest absolute Gasteiger partial charge is 0.124 e.